The molecule has 1 unspecified atom stereocenters. The average molecular weight is 243 g/mol. The van der Waals surface area contributed by atoms with Crippen LogP contribution in [0.5, 0.6) is 0 Å². The molecule has 1 atom stereocenters. The quantitative estimate of drug-likeness (QED) is 0.447. The van der Waals surface area contributed by atoms with Crippen LogP contribution in [0.3, 0.4) is 0 Å². The first-order chi connectivity index (χ1) is 8.24. The molecule has 3 nitrogen and oxygen atoms in total. The van der Waals surface area contributed by atoms with Crippen molar-refractivity contribution < 1.29 is 9.53 Å². The third kappa shape index (κ3) is 10.3. The van der Waals surface area contributed by atoms with Crippen LogP contribution in [0, 0.1) is 5.92 Å². The van der Waals surface area contributed by atoms with Gasteiger partial charge < -0.3 is 10.5 Å². The molecule has 0 bridgehead atoms. The Kier molecular flexibility index (Phi) is 11.5. The van der Waals surface area contributed by atoms with Crippen LogP contribution in [0.25, 0.3) is 0 Å². The molecule has 0 aromatic rings. The number of unbranched alkanes of at least 4 members (excludes halogenated alkanes) is 3. The first-order valence-electron chi connectivity index (χ1n) is 7.10. The Balaban J connectivity index is 3.52. The smallest absolute Gasteiger partial charge is 0.305 e. The van der Waals surface area contributed by atoms with Crippen molar-refractivity contribution in [1.29, 1.82) is 0 Å². The summed E-state index contributed by atoms with van der Waals surface area (Å²) in [6, 6.07) is 0. The fourth-order valence-corrected chi connectivity index (χ4v) is 1.77. The van der Waals surface area contributed by atoms with E-state index in [1.54, 1.807) is 0 Å². The summed E-state index contributed by atoms with van der Waals surface area (Å²) in [4.78, 5) is 11.4. The molecule has 0 aliphatic heterocycles. The molecule has 0 saturated carbocycles. The van der Waals surface area contributed by atoms with Crippen molar-refractivity contribution in [3.63, 3.8) is 0 Å². The Hall–Kier alpha value is -0.570. The number of carbonyl (C=O) groups is 1. The molecular weight excluding hydrogens is 214 g/mol. The van der Waals surface area contributed by atoms with Crippen LogP contribution in [0.4, 0.5) is 0 Å². The van der Waals surface area contributed by atoms with Gasteiger partial charge in [0.05, 0.1) is 6.61 Å². The predicted molar refractivity (Wildman–Crippen MR) is 71.8 cm³/mol. The normalized spacial score (nSPS) is 12.4. The molecule has 102 valence electrons. The summed E-state index contributed by atoms with van der Waals surface area (Å²) < 4.78 is 5.30. The van der Waals surface area contributed by atoms with Crippen LogP contribution in [0.2, 0.25) is 0 Å². The van der Waals surface area contributed by atoms with Gasteiger partial charge in [-0.2, -0.15) is 0 Å². The summed E-state index contributed by atoms with van der Waals surface area (Å²) in [6.07, 6.45) is 8.19. The van der Waals surface area contributed by atoms with Gasteiger partial charge in [0.2, 0.25) is 0 Å². The van der Waals surface area contributed by atoms with E-state index in [1.807, 2.05) is 0 Å². The maximum Gasteiger partial charge on any atom is 0.305 e. The lowest BCUT2D eigenvalue weighted by molar-refractivity contribution is -0.145. The molecule has 0 spiro atoms. The highest BCUT2D eigenvalue weighted by molar-refractivity contribution is 5.69. The summed E-state index contributed by atoms with van der Waals surface area (Å²) in [5, 5.41) is 0. The van der Waals surface area contributed by atoms with Crippen LogP contribution in [-0.4, -0.2) is 19.1 Å². The molecule has 0 rings (SSSR count). The standard InChI is InChI=1S/C14H29NO2/c1-3-5-9-13(4-2)12-17-14(16)10-7-6-8-11-15/h13H,3-12,15H2,1-2H3. The number of carbonyl (C=O) groups excluding carboxylic acids is 1. The van der Waals surface area contributed by atoms with Crippen LogP contribution in [-0.2, 0) is 9.53 Å². The van der Waals surface area contributed by atoms with E-state index >= 15 is 0 Å². The van der Waals surface area contributed by atoms with Crippen molar-refractivity contribution in [3.05, 3.63) is 0 Å². The predicted octanol–water partition coefficient (Wildman–Crippen LogP) is 3.27. The van der Waals surface area contributed by atoms with Crippen molar-refractivity contribution in [2.24, 2.45) is 11.7 Å². The number of hydrogen-bond donors (Lipinski definition) is 1. The highest BCUT2D eigenvalue weighted by atomic mass is 16.5. The highest BCUT2D eigenvalue weighted by Crippen LogP contribution is 2.13. The second-order valence-corrected chi connectivity index (χ2v) is 4.70. The summed E-state index contributed by atoms with van der Waals surface area (Å²) in [5.41, 5.74) is 5.39. The molecular formula is C14H29NO2. The van der Waals surface area contributed by atoms with E-state index in [0.717, 1.165) is 25.7 Å². The first kappa shape index (κ1) is 16.4. The monoisotopic (exact) mass is 243 g/mol. The highest BCUT2D eigenvalue weighted by Gasteiger charge is 2.09. The molecule has 0 aromatic carbocycles. The third-order valence-electron chi connectivity index (χ3n) is 3.11. The molecule has 0 amide bonds. The van der Waals surface area contributed by atoms with Gasteiger partial charge >= 0.3 is 5.97 Å². The maximum absolute atomic E-state index is 11.4. The van der Waals surface area contributed by atoms with Gasteiger partial charge in [0.15, 0.2) is 0 Å². The molecule has 0 fully saturated rings. The number of nitrogens with two attached hydrogens (primary N) is 1. The largest absolute Gasteiger partial charge is 0.465 e. The number of rotatable bonds is 11. The molecule has 0 heterocycles. The van der Waals surface area contributed by atoms with Gasteiger partial charge in [0.1, 0.15) is 0 Å². The van der Waals surface area contributed by atoms with Gasteiger partial charge in [-0.25, -0.2) is 0 Å². The number of esters is 1. The second kappa shape index (κ2) is 11.9. The van der Waals surface area contributed by atoms with E-state index in [9.17, 15) is 4.79 Å². The van der Waals surface area contributed by atoms with Crippen LogP contribution >= 0.6 is 0 Å². The van der Waals surface area contributed by atoms with Gasteiger partial charge in [0, 0.05) is 6.42 Å². The van der Waals surface area contributed by atoms with Gasteiger partial charge in [0.25, 0.3) is 0 Å². The zero-order chi connectivity index (χ0) is 12.9. The molecule has 0 aromatic heterocycles. The van der Waals surface area contributed by atoms with Crippen molar-refractivity contribution in [2.45, 2.75) is 65.2 Å². The fraction of sp³-hybridized carbons (Fsp3) is 0.929. The van der Waals surface area contributed by atoms with E-state index in [0.29, 0.717) is 25.5 Å². The fourth-order valence-electron chi connectivity index (χ4n) is 1.77. The van der Waals surface area contributed by atoms with Crippen LogP contribution in [0.1, 0.15) is 65.2 Å². The van der Waals surface area contributed by atoms with E-state index in [2.05, 4.69) is 13.8 Å². The lowest BCUT2D eigenvalue weighted by Gasteiger charge is -2.14. The Morgan fingerprint density at radius 3 is 2.53 bits per heavy atom. The van der Waals surface area contributed by atoms with Crippen molar-refractivity contribution in [2.75, 3.05) is 13.2 Å². The average Bonchev–Trinajstić information content (AvgIpc) is 2.35. The zero-order valence-electron chi connectivity index (χ0n) is 11.5. The zero-order valence-corrected chi connectivity index (χ0v) is 11.5. The number of hydrogen-bond acceptors (Lipinski definition) is 3. The van der Waals surface area contributed by atoms with E-state index in [1.165, 1.54) is 19.3 Å². The molecule has 3 heteroatoms. The third-order valence-corrected chi connectivity index (χ3v) is 3.11. The minimum Gasteiger partial charge on any atom is -0.465 e. The van der Waals surface area contributed by atoms with Crippen molar-refractivity contribution in [3.8, 4) is 0 Å². The Labute approximate surface area is 106 Å². The molecule has 0 aliphatic rings. The van der Waals surface area contributed by atoms with E-state index in [4.69, 9.17) is 10.5 Å². The van der Waals surface area contributed by atoms with Crippen LogP contribution in [0.15, 0.2) is 0 Å². The minimum atomic E-state index is -0.0445. The topological polar surface area (TPSA) is 52.3 Å². The molecule has 17 heavy (non-hydrogen) atoms. The summed E-state index contributed by atoms with van der Waals surface area (Å²) in [5.74, 6) is 0.500. The van der Waals surface area contributed by atoms with Gasteiger partial charge in [-0.3, -0.25) is 4.79 Å². The summed E-state index contributed by atoms with van der Waals surface area (Å²) in [7, 11) is 0. The lowest BCUT2D eigenvalue weighted by Crippen LogP contribution is -2.13. The van der Waals surface area contributed by atoms with Gasteiger partial charge in [-0.05, 0) is 31.7 Å². The number of ether oxygens (including phenoxy) is 1. The van der Waals surface area contributed by atoms with Gasteiger partial charge in [-0.15, -0.1) is 0 Å². The molecule has 2 N–H and O–H groups in total. The van der Waals surface area contributed by atoms with E-state index in [-0.39, 0.29) is 5.97 Å². The Morgan fingerprint density at radius 2 is 1.94 bits per heavy atom. The SMILES string of the molecule is CCCCC(CC)COC(=O)CCCCCN. The molecule has 0 saturated heterocycles. The molecule has 0 radical (unpaired) electrons. The first-order valence-corrected chi connectivity index (χ1v) is 7.10. The van der Waals surface area contributed by atoms with Gasteiger partial charge in [-0.1, -0.05) is 39.5 Å². The van der Waals surface area contributed by atoms with Crippen molar-refractivity contribution in [1.82, 2.24) is 0 Å². The van der Waals surface area contributed by atoms with Crippen LogP contribution < -0.4 is 5.73 Å². The Bertz CT molecular complexity index is 183. The van der Waals surface area contributed by atoms with Crippen molar-refractivity contribution >= 4 is 5.97 Å². The minimum absolute atomic E-state index is 0.0445. The summed E-state index contributed by atoms with van der Waals surface area (Å²) in [6.45, 7) is 5.67. The maximum atomic E-state index is 11.4. The lowest BCUT2D eigenvalue weighted by atomic mass is 10.0. The second-order valence-electron chi connectivity index (χ2n) is 4.70. The van der Waals surface area contributed by atoms with E-state index < -0.39 is 0 Å². The Morgan fingerprint density at radius 1 is 1.18 bits per heavy atom. The summed E-state index contributed by atoms with van der Waals surface area (Å²) >= 11 is 0. The molecule has 0 aliphatic carbocycles.